The van der Waals surface area contributed by atoms with Gasteiger partial charge in [0.2, 0.25) is 0 Å². The minimum Gasteiger partial charge on any atom is -0.327 e. The molecule has 20 heavy (non-hydrogen) atoms. The molecule has 1 aliphatic carbocycles. The van der Waals surface area contributed by atoms with Crippen LogP contribution in [0.3, 0.4) is 0 Å². The van der Waals surface area contributed by atoms with Crippen LogP contribution in [0.4, 0.5) is 4.39 Å². The van der Waals surface area contributed by atoms with Gasteiger partial charge in [-0.2, -0.15) is 0 Å². The van der Waals surface area contributed by atoms with Gasteiger partial charge < -0.3 is 5.73 Å². The monoisotopic (exact) mass is 297 g/mol. The molecule has 2 rings (SSSR count). The molecule has 2 N–H and O–H groups in total. The fraction of sp³-hybridized carbons (Fsp3) is 0.647. The van der Waals surface area contributed by atoms with E-state index in [1.54, 1.807) is 6.07 Å². The van der Waals surface area contributed by atoms with Crippen LogP contribution >= 0.6 is 11.6 Å². The fourth-order valence-corrected chi connectivity index (χ4v) is 3.59. The molecule has 0 heterocycles. The SMILES string of the molecule is CC(C)C1CCC(C(N)Cc2ccc(F)cc2Cl)CC1. The van der Waals surface area contributed by atoms with Crippen LogP contribution in [0.5, 0.6) is 0 Å². The van der Waals surface area contributed by atoms with Gasteiger partial charge in [0.05, 0.1) is 0 Å². The second kappa shape index (κ2) is 6.91. The predicted molar refractivity (Wildman–Crippen MR) is 83.4 cm³/mol. The maximum Gasteiger partial charge on any atom is 0.124 e. The van der Waals surface area contributed by atoms with Crippen LogP contribution in [-0.4, -0.2) is 6.04 Å². The van der Waals surface area contributed by atoms with Crippen molar-refractivity contribution in [3.8, 4) is 0 Å². The van der Waals surface area contributed by atoms with Crippen LogP contribution < -0.4 is 5.73 Å². The van der Waals surface area contributed by atoms with E-state index in [0.717, 1.165) is 23.8 Å². The van der Waals surface area contributed by atoms with Crippen LogP contribution in [0, 0.1) is 23.6 Å². The van der Waals surface area contributed by atoms with E-state index in [1.807, 2.05) is 0 Å². The Kier molecular flexibility index (Phi) is 5.45. The van der Waals surface area contributed by atoms with Crippen molar-refractivity contribution in [1.29, 1.82) is 0 Å². The number of halogens is 2. The molecule has 3 heteroatoms. The van der Waals surface area contributed by atoms with E-state index in [-0.39, 0.29) is 11.9 Å². The Morgan fingerprint density at radius 2 is 1.80 bits per heavy atom. The minimum atomic E-state index is -0.287. The third kappa shape index (κ3) is 3.95. The van der Waals surface area contributed by atoms with Gasteiger partial charge >= 0.3 is 0 Å². The van der Waals surface area contributed by atoms with E-state index in [4.69, 9.17) is 17.3 Å². The zero-order valence-corrected chi connectivity index (χ0v) is 13.2. The lowest BCUT2D eigenvalue weighted by Gasteiger charge is -2.34. The summed E-state index contributed by atoms with van der Waals surface area (Å²) in [6.45, 7) is 4.62. The third-order valence-corrected chi connectivity index (χ3v) is 5.19. The molecule has 1 unspecified atom stereocenters. The van der Waals surface area contributed by atoms with Crippen LogP contribution in [-0.2, 0) is 6.42 Å². The second-order valence-corrected chi connectivity index (χ2v) is 6.93. The van der Waals surface area contributed by atoms with Crippen molar-refractivity contribution in [1.82, 2.24) is 0 Å². The molecular weight excluding hydrogens is 273 g/mol. The molecule has 1 aromatic carbocycles. The van der Waals surface area contributed by atoms with E-state index in [9.17, 15) is 4.39 Å². The van der Waals surface area contributed by atoms with Crippen LogP contribution in [0.1, 0.15) is 45.1 Å². The Labute approximate surface area is 126 Å². The van der Waals surface area contributed by atoms with Gasteiger partial charge in [-0.05, 0) is 67.6 Å². The summed E-state index contributed by atoms with van der Waals surface area (Å²) < 4.78 is 13.0. The summed E-state index contributed by atoms with van der Waals surface area (Å²) in [6.07, 6.45) is 5.74. The molecule has 0 spiro atoms. The van der Waals surface area contributed by atoms with Crippen molar-refractivity contribution >= 4 is 11.6 Å². The zero-order valence-electron chi connectivity index (χ0n) is 12.4. The van der Waals surface area contributed by atoms with Crippen molar-refractivity contribution in [2.24, 2.45) is 23.5 Å². The van der Waals surface area contributed by atoms with Gasteiger partial charge in [-0.25, -0.2) is 4.39 Å². The highest BCUT2D eigenvalue weighted by Crippen LogP contribution is 2.35. The van der Waals surface area contributed by atoms with Gasteiger partial charge in [-0.15, -0.1) is 0 Å². The zero-order chi connectivity index (χ0) is 14.7. The summed E-state index contributed by atoms with van der Waals surface area (Å²) in [6, 6.07) is 4.73. The predicted octanol–water partition coefficient (Wildman–Crippen LogP) is 4.81. The second-order valence-electron chi connectivity index (χ2n) is 6.52. The number of rotatable bonds is 4. The first-order valence-electron chi connectivity index (χ1n) is 7.67. The Balaban J connectivity index is 1.91. The molecule has 1 aromatic rings. The quantitative estimate of drug-likeness (QED) is 0.848. The topological polar surface area (TPSA) is 26.0 Å². The maximum atomic E-state index is 13.0. The standard InChI is InChI=1S/C17H25ClFN/c1-11(2)12-3-5-13(6-4-12)17(20)9-14-7-8-15(19)10-16(14)18/h7-8,10-13,17H,3-6,9,20H2,1-2H3. The van der Waals surface area contributed by atoms with E-state index >= 15 is 0 Å². The average molecular weight is 298 g/mol. The summed E-state index contributed by atoms with van der Waals surface area (Å²) in [4.78, 5) is 0. The van der Waals surface area contributed by atoms with Crippen molar-refractivity contribution < 1.29 is 4.39 Å². The summed E-state index contributed by atoms with van der Waals surface area (Å²) in [7, 11) is 0. The van der Waals surface area contributed by atoms with Crippen molar-refractivity contribution in [2.45, 2.75) is 52.0 Å². The Hall–Kier alpha value is -0.600. The van der Waals surface area contributed by atoms with Gasteiger partial charge in [0.25, 0.3) is 0 Å². The van der Waals surface area contributed by atoms with Gasteiger partial charge in [0, 0.05) is 11.1 Å². The Bertz CT molecular complexity index is 439. The van der Waals surface area contributed by atoms with Gasteiger partial charge in [-0.1, -0.05) is 31.5 Å². The van der Waals surface area contributed by atoms with Crippen molar-refractivity contribution in [2.75, 3.05) is 0 Å². The normalized spacial score (nSPS) is 24.9. The van der Waals surface area contributed by atoms with Crippen LogP contribution in [0.25, 0.3) is 0 Å². The molecule has 0 amide bonds. The minimum absolute atomic E-state index is 0.131. The van der Waals surface area contributed by atoms with E-state index in [1.165, 1.54) is 37.8 Å². The molecule has 0 saturated heterocycles. The highest BCUT2D eigenvalue weighted by Gasteiger charge is 2.27. The lowest BCUT2D eigenvalue weighted by Crippen LogP contribution is -2.35. The molecule has 1 atom stereocenters. The fourth-order valence-electron chi connectivity index (χ4n) is 3.35. The number of benzene rings is 1. The lowest BCUT2D eigenvalue weighted by molar-refractivity contribution is 0.202. The maximum absolute atomic E-state index is 13.0. The van der Waals surface area contributed by atoms with E-state index in [2.05, 4.69) is 13.8 Å². The molecule has 1 saturated carbocycles. The van der Waals surface area contributed by atoms with Crippen LogP contribution in [0.2, 0.25) is 5.02 Å². The first kappa shape index (κ1) is 15.8. The van der Waals surface area contributed by atoms with Crippen molar-refractivity contribution in [3.63, 3.8) is 0 Å². The molecule has 0 aromatic heterocycles. The molecular formula is C17H25ClFN. The molecule has 1 fully saturated rings. The summed E-state index contributed by atoms with van der Waals surface area (Å²) in [5, 5.41) is 0.497. The molecule has 0 bridgehead atoms. The average Bonchev–Trinajstić information content (AvgIpc) is 2.42. The summed E-state index contributed by atoms with van der Waals surface area (Å²) >= 11 is 6.08. The number of nitrogens with two attached hydrogens (primary N) is 1. The highest BCUT2D eigenvalue weighted by atomic mass is 35.5. The Morgan fingerprint density at radius 1 is 1.20 bits per heavy atom. The Morgan fingerprint density at radius 3 is 2.35 bits per heavy atom. The summed E-state index contributed by atoms with van der Waals surface area (Å²) in [5.74, 6) is 1.92. The van der Waals surface area contributed by atoms with E-state index < -0.39 is 0 Å². The van der Waals surface area contributed by atoms with Gasteiger partial charge in [0.1, 0.15) is 5.82 Å². The first-order valence-corrected chi connectivity index (χ1v) is 8.04. The molecule has 0 radical (unpaired) electrons. The van der Waals surface area contributed by atoms with Crippen molar-refractivity contribution in [3.05, 3.63) is 34.6 Å². The first-order chi connectivity index (χ1) is 9.47. The summed E-state index contributed by atoms with van der Waals surface area (Å²) in [5.41, 5.74) is 7.32. The number of hydrogen-bond donors (Lipinski definition) is 1. The van der Waals surface area contributed by atoms with Crippen LogP contribution in [0.15, 0.2) is 18.2 Å². The molecule has 1 nitrogen and oxygen atoms in total. The molecule has 0 aliphatic heterocycles. The highest BCUT2D eigenvalue weighted by molar-refractivity contribution is 6.31. The third-order valence-electron chi connectivity index (χ3n) is 4.84. The number of hydrogen-bond acceptors (Lipinski definition) is 1. The van der Waals surface area contributed by atoms with Gasteiger partial charge in [-0.3, -0.25) is 0 Å². The lowest BCUT2D eigenvalue weighted by atomic mass is 9.74. The smallest absolute Gasteiger partial charge is 0.124 e. The van der Waals surface area contributed by atoms with Gasteiger partial charge in [0.15, 0.2) is 0 Å². The molecule has 112 valence electrons. The van der Waals surface area contributed by atoms with E-state index in [0.29, 0.717) is 10.9 Å². The molecule has 1 aliphatic rings. The largest absolute Gasteiger partial charge is 0.327 e.